The van der Waals surface area contributed by atoms with E-state index >= 15 is 0 Å². The molecule has 2 nitrogen and oxygen atoms in total. The summed E-state index contributed by atoms with van der Waals surface area (Å²) < 4.78 is 0. The van der Waals surface area contributed by atoms with E-state index in [-0.39, 0.29) is 5.92 Å². The monoisotopic (exact) mass is 273 g/mol. The standard InChI is InChI=1S/C18H27NO/c1-3-15-8-10-17(11-9-15)18(20)16(4-2)14-19-12-6-5-7-13-19/h8-11,16H,3-7,12-14H2,1-2H3. The SMILES string of the molecule is CCc1ccc(C(=O)C(CC)CN2CCCCC2)cc1. The molecule has 0 bridgehead atoms. The highest BCUT2D eigenvalue weighted by molar-refractivity contribution is 5.98. The molecule has 0 saturated carbocycles. The second-order valence-corrected chi connectivity index (χ2v) is 5.88. The number of piperidine rings is 1. The van der Waals surface area contributed by atoms with Crippen LogP contribution in [0.1, 0.15) is 55.5 Å². The molecule has 1 aromatic rings. The molecule has 0 amide bonds. The van der Waals surface area contributed by atoms with Crippen molar-refractivity contribution < 1.29 is 4.79 Å². The van der Waals surface area contributed by atoms with Gasteiger partial charge in [0.25, 0.3) is 0 Å². The lowest BCUT2D eigenvalue weighted by atomic mass is 9.93. The molecule has 0 radical (unpaired) electrons. The molecule has 1 aliphatic heterocycles. The van der Waals surface area contributed by atoms with Crippen LogP contribution in [-0.4, -0.2) is 30.3 Å². The Morgan fingerprint density at radius 2 is 1.75 bits per heavy atom. The number of benzene rings is 1. The van der Waals surface area contributed by atoms with Gasteiger partial charge in [-0.15, -0.1) is 0 Å². The summed E-state index contributed by atoms with van der Waals surface area (Å²) in [6.07, 6.45) is 5.88. The minimum Gasteiger partial charge on any atom is -0.303 e. The number of carbonyl (C=O) groups excluding carboxylic acids is 1. The Bertz CT molecular complexity index is 418. The van der Waals surface area contributed by atoms with Crippen LogP contribution in [0, 0.1) is 5.92 Å². The molecule has 0 N–H and O–H groups in total. The first-order valence-corrected chi connectivity index (χ1v) is 8.10. The minimum atomic E-state index is 0.153. The van der Waals surface area contributed by atoms with Gasteiger partial charge in [0.15, 0.2) is 5.78 Å². The van der Waals surface area contributed by atoms with Crippen molar-refractivity contribution in [3.05, 3.63) is 35.4 Å². The maximum Gasteiger partial charge on any atom is 0.167 e. The van der Waals surface area contributed by atoms with Crippen molar-refractivity contribution in [1.29, 1.82) is 0 Å². The van der Waals surface area contributed by atoms with Gasteiger partial charge in [-0.25, -0.2) is 0 Å². The van der Waals surface area contributed by atoms with E-state index in [4.69, 9.17) is 0 Å². The maximum absolute atomic E-state index is 12.6. The predicted molar refractivity (Wildman–Crippen MR) is 84.2 cm³/mol. The van der Waals surface area contributed by atoms with Gasteiger partial charge in [-0.3, -0.25) is 4.79 Å². The summed E-state index contributed by atoms with van der Waals surface area (Å²) in [4.78, 5) is 15.1. The molecule has 20 heavy (non-hydrogen) atoms. The van der Waals surface area contributed by atoms with Gasteiger partial charge >= 0.3 is 0 Å². The van der Waals surface area contributed by atoms with Crippen LogP contribution in [0.2, 0.25) is 0 Å². The third-order valence-corrected chi connectivity index (χ3v) is 4.44. The van der Waals surface area contributed by atoms with E-state index in [9.17, 15) is 4.79 Å². The summed E-state index contributed by atoms with van der Waals surface area (Å²) in [5.74, 6) is 0.473. The van der Waals surface area contributed by atoms with Crippen LogP contribution in [0.5, 0.6) is 0 Å². The first-order chi connectivity index (χ1) is 9.74. The molecule has 0 aromatic heterocycles. The second kappa shape index (κ2) is 7.58. The van der Waals surface area contributed by atoms with Gasteiger partial charge < -0.3 is 4.90 Å². The van der Waals surface area contributed by atoms with Gasteiger partial charge in [-0.05, 0) is 44.3 Å². The summed E-state index contributed by atoms with van der Waals surface area (Å²) in [5, 5.41) is 0. The predicted octanol–water partition coefficient (Wildman–Crippen LogP) is 3.94. The average Bonchev–Trinajstić information content (AvgIpc) is 2.53. The molecule has 1 saturated heterocycles. The summed E-state index contributed by atoms with van der Waals surface area (Å²) in [5.41, 5.74) is 2.18. The fraction of sp³-hybridized carbons (Fsp3) is 0.611. The molecule has 0 aliphatic carbocycles. The van der Waals surface area contributed by atoms with E-state index in [2.05, 4.69) is 30.9 Å². The number of rotatable bonds is 6. The van der Waals surface area contributed by atoms with E-state index in [1.54, 1.807) is 0 Å². The summed E-state index contributed by atoms with van der Waals surface area (Å²) >= 11 is 0. The Morgan fingerprint density at radius 1 is 1.10 bits per heavy atom. The third kappa shape index (κ3) is 3.92. The van der Waals surface area contributed by atoms with Crippen LogP contribution in [0.25, 0.3) is 0 Å². The number of nitrogens with zero attached hydrogens (tertiary/aromatic N) is 1. The van der Waals surface area contributed by atoms with Crippen LogP contribution < -0.4 is 0 Å². The van der Waals surface area contributed by atoms with Crippen LogP contribution in [0.3, 0.4) is 0 Å². The first-order valence-electron chi connectivity index (χ1n) is 8.10. The van der Waals surface area contributed by atoms with Gasteiger partial charge in [-0.2, -0.15) is 0 Å². The van der Waals surface area contributed by atoms with Gasteiger partial charge in [0.1, 0.15) is 0 Å². The van der Waals surface area contributed by atoms with Crippen LogP contribution in [-0.2, 0) is 6.42 Å². The lowest BCUT2D eigenvalue weighted by Gasteiger charge is -2.29. The molecule has 1 aliphatic rings. The maximum atomic E-state index is 12.6. The van der Waals surface area contributed by atoms with Gasteiger partial charge in [0.05, 0.1) is 0 Å². The molecule has 2 rings (SSSR count). The van der Waals surface area contributed by atoms with Gasteiger partial charge in [0.2, 0.25) is 0 Å². The first kappa shape index (κ1) is 15.2. The fourth-order valence-corrected chi connectivity index (χ4v) is 2.99. The average molecular weight is 273 g/mol. The molecular formula is C18H27NO. The molecule has 0 spiro atoms. The van der Waals surface area contributed by atoms with Crippen molar-refractivity contribution in [2.75, 3.05) is 19.6 Å². The number of likely N-dealkylation sites (tertiary alicyclic amines) is 1. The highest BCUT2D eigenvalue weighted by Crippen LogP contribution is 2.18. The molecule has 1 aromatic carbocycles. The minimum absolute atomic E-state index is 0.153. The number of carbonyl (C=O) groups is 1. The number of aryl methyl sites for hydroxylation is 1. The normalized spacial score (nSPS) is 17.9. The molecule has 1 unspecified atom stereocenters. The molecule has 1 fully saturated rings. The quantitative estimate of drug-likeness (QED) is 0.732. The second-order valence-electron chi connectivity index (χ2n) is 5.88. The molecule has 110 valence electrons. The molecule has 1 heterocycles. The van der Waals surface area contributed by atoms with Crippen LogP contribution >= 0.6 is 0 Å². The largest absolute Gasteiger partial charge is 0.303 e. The molecule has 2 heteroatoms. The number of hydrogen-bond acceptors (Lipinski definition) is 2. The number of ketones is 1. The van der Waals surface area contributed by atoms with Crippen molar-refractivity contribution >= 4 is 5.78 Å². The zero-order valence-electron chi connectivity index (χ0n) is 12.9. The Hall–Kier alpha value is -1.15. The zero-order chi connectivity index (χ0) is 14.4. The smallest absolute Gasteiger partial charge is 0.167 e. The summed E-state index contributed by atoms with van der Waals surface area (Å²) in [6, 6.07) is 8.17. The van der Waals surface area contributed by atoms with Crippen LogP contribution in [0.4, 0.5) is 0 Å². The fourth-order valence-electron chi connectivity index (χ4n) is 2.99. The van der Waals surface area contributed by atoms with E-state index in [0.717, 1.165) is 24.9 Å². The summed E-state index contributed by atoms with van der Waals surface area (Å²) in [6.45, 7) is 7.54. The highest BCUT2D eigenvalue weighted by atomic mass is 16.1. The van der Waals surface area contributed by atoms with Crippen LogP contribution in [0.15, 0.2) is 24.3 Å². The topological polar surface area (TPSA) is 20.3 Å². The molecular weight excluding hydrogens is 246 g/mol. The van der Waals surface area contributed by atoms with Crippen molar-refractivity contribution in [3.8, 4) is 0 Å². The van der Waals surface area contributed by atoms with E-state index in [0.29, 0.717) is 5.78 Å². The lowest BCUT2D eigenvalue weighted by molar-refractivity contribution is 0.0864. The lowest BCUT2D eigenvalue weighted by Crippen LogP contribution is -2.36. The van der Waals surface area contributed by atoms with Crippen molar-refractivity contribution in [2.45, 2.75) is 46.0 Å². The van der Waals surface area contributed by atoms with Crippen molar-refractivity contribution in [2.24, 2.45) is 5.92 Å². The molecule has 1 atom stereocenters. The van der Waals surface area contributed by atoms with Crippen molar-refractivity contribution in [1.82, 2.24) is 4.90 Å². The van der Waals surface area contributed by atoms with E-state index in [1.807, 2.05) is 12.1 Å². The Balaban J connectivity index is 1.99. The Kier molecular flexibility index (Phi) is 5.78. The Labute approximate surface area is 123 Å². The number of hydrogen-bond donors (Lipinski definition) is 0. The van der Waals surface area contributed by atoms with E-state index in [1.165, 1.54) is 37.9 Å². The highest BCUT2D eigenvalue weighted by Gasteiger charge is 2.22. The third-order valence-electron chi connectivity index (χ3n) is 4.44. The Morgan fingerprint density at radius 3 is 2.30 bits per heavy atom. The van der Waals surface area contributed by atoms with Crippen molar-refractivity contribution in [3.63, 3.8) is 0 Å². The summed E-state index contributed by atoms with van der Waals surface area (Å²) in [7, 11) is 0. The van der Waals surface area contributed by atoms with E-state index < -0.39 is 0 Å². The zero-order valence-corrected chi connectivity index (χ0v) is 12.9. The number of Topliss-reactive ketones (excluding diaryl/α,β-unsaturated/α-hetero) is 1. The van der Waals surface area contributed by atoms with Gasteiger partial charge in [-0.1, -0.05) is 44.5 Å². The van der Waals surface area contributed by atoms with Gasteiger partial charge in [0, 0.05) is 18.0 Å².